The van der Waals surface area contributed by atoms with Crippen molar-refractivity contribution in [3.63, 3.8) is 0 Å². The van der Waals surface area contributed by atoms with E-state index in [0.29, 0.717) is 36.9 Å². The lowest BCUT2D eigenvalue weighted by atomic mass is 9.83. The van der Waals surface area contributed by atoms with Crippen molar-refractivity contribution in [1.82, 2.24) is 9.88 Å². The van der Waals surface area contributed by atoms with Gasteiger partial charge in [-0.2, -0.15) is 0 Å². The van der Waals surface area contributed by atoms with Crippen LogP contribution in [0.15, 0.2) is 42.6 Å². The Morgan fingerprint density at radius 3 is 2.61 bits per heavy atom. The van der Waals surface area contributed by atoms with Crippen molar-refractivity contribution in [3.8, 4) is 5.75 Å². The second-order valence-corrected chi connectivity index (χ2v) is 9.78. The zero-order valence-electron chi connectivity index (χ0n) is 21.4. The number of para-hydroxylation sites is 1. The molecule has 1 aromatic carbocycles. The van der Waals surface area contributed by atoms with E-state index in [0.717, 1.165) is 50.0 Å². The molecule has 0 aliphatic carbocycles. The molecular formula is C28H38N4O4. The van der Waals surface area contributed by atoms with E-state index < -0.39 is 5.92 Å². The fraction of sp³-hybridized carbons (Fsp3) is 0.536. The van der Waals surface area contributed by atoms with Gasteiger partial charge >= 0.3 is 0 Å². The predicted octanol–water partition coefficient (Wildman–Crippen LogP) is 4.02. The van der Waals surface area contributed by atoms with E-state index in [1.54, 1.807) is 13.3 Å². The van der Waals surface area contributed by atoms with Gasteiger partial charge in [-0.25, -0.2) is 4.98 Å². The lowest BCUT2D eigenvalue weighted by Gasteiger charge is -2.41. The monoisotopic (exact) mass is 494 g/mol. The van der Waals surface area contributed by atoms with E-state index in [2.05, 4.69) is 22.1 Å². The smallest absolute Gasteiger partial charge is 0.231 e. The van der Waals surface area contributed by atoms with Gasteiger partial charge in [0.25, 0.3) is 0 Å². The Balaban J connectivity index is 1.52. The van der Waals surface area contributed by atoms with Crippen LogP contribution in [0.25, 0.3) is 0 Å². The van der Waals surface area contributed by atoms with Gasteiger partial charge < -0.3 is 25.0 Å². The van der Waals surface area contributed by atoms with E-state index in [4.69, 9.17) is 4.74 Å². The zero-order valence-corrected chi connectivity index (χ0v) is 21.4. The molecule has 0 spiro atoms. The minimum Gasteiger partial charge on any atom is -0.496 e. The number of aromatic nitrogens is 1. The normalized spacial score (nSPS) is 20.9. The van der Waals surface area contributed by atoms with E-state index in [-0.39, 0.29) is 24.5 Å². The second-order valence-electron chi connectivity index (χ2n) is 9.78. The van der Waals surface area contributed by atoms with Crippen molar-refractivity contribution in [2.75, 3.05) is 43.6 Å². The van der Waals surface area contributed by atoms with Crippen molar-refractivity contribution in [3.05, 3.63) is 48.2 Å². The number of carbonyl (C=O) groups excluding carboxylic acids is 2. The summed E-state index contributed by atoms with van der Waals surface area (Å²) in [5.41, 5.74) is 1.88. The van der Waals surface area contributed by atoms with Crippen LogP contribution in [0.3, 0.4) is 0 Å². The number of hydrogen-bond acceptors (Lipinski definition) is 6. The van der Waals surface area contributed by atoms with Crippen LogP contribution in [0.4, 0.5) is 11.5 Å². The van der Waals surface area contributed by atoms with Crippen LogP contribution in [0, 0.1) is 11.8 Å². The Morgan fingerprint density at radius 2 is 1.94 bits per heavy atom. The first-order valence-corrected chi connectivity index (χ1v) is 13.1. The first-order valence-electron chi connectivity index (χ1n) is 13.1. The number of anilines is 2. The molecule has 36 heavy (non-hydrogen) atoms. The van der Waals surface area contributed by atoms with Crippen LogP contribution >= 0.6 is 0 Å². The maximum Gasteiger partial charge on any atom is 0.231 e. The molecule has 0 unspecified atom stereocenters. The SMILES string of the molecule is CCCCN1C(=O)CC[C@H](C(=O)Nc2ccc(N3CCC(CO)CC3)cn2)[C@@H]1c1ccccc1OC. The van der Waals surface area contributed by atoms with Gasteiger partial charge in [-0.15, -0.1) is 0 Å². The predicted molar refractivity (Wildman–Crippen MR) is 140 cm³/mol. The summed E-state index contributed by atoms with van der Waals surface area (Å²) in [4.78, 5) is 35.2. The summed E-state index contributed by atoms with van der Waals surface area (Å²) in [6, 6.07) is 11.1. The molecule has 2 aromatic rings. The summed E-state index contributed by atoms with van der Waals surface area (Å²) < 4.78 is 5.62. The quantitative estimate of drug-likeness (QED) is 0.547. The van der Waals surface area contributed by atoms with Crippen LogP contribution in [0.5, 0.6) is 5.75 Å². The number of pyridine rings is 1. The number of rotatable bonds is 9. The van der Waals surface area contributed by atoms with Crippen molar-refractivity contribution in [2.45, 2.75) is 51.5 Å². The minimum absolute atomic E-state index is 0.0795. The molecule has 2 aliphatic heterocycles. The number of aliphatic hydroxyl groups is 1. The number of likely N-dealkylation sites (tertiary alicyclic amines) is 1. The Labute approximate surface area is 213 Å². The van der Waals surface area contributed by atoms with Crippen molar-refractivity contribution in [1.29, 1.82) is 0 Å². The lowest BCUT2D eigenvalue weighted by Crippen LogP contribution is -2.47. The van der Waals surface area contributed by atoms with Crippen molar-refractivity contribution in [2.24, 2.45) is 11.8 Å². The highest BCUT2D eigenvalue weighted by atomic mass is 16.5. The number of nitrogens with one attached hydrogen (secondary N) is 1. The van der Waals surface area contributed by atoms with Gasteiger partial charge in [0.15, 0.2) is 0 Å². The molecule has 2 N–H and O–H groups in total. The maximum absolute atomic E-state index is 13.6. The van der Waals surface area contributed by atoms with Gasteiger partial charge in [-0.1, -0.05) is 31.5 Å². The molecule has 0 bridgehead atoms. The molecule has 194 valence electrons. The standard InChI is InChI=1S/C28H38N4O4/c1-3-4-15-32-26(34)12-10-23(27(32)22-7-5-6-8-24(22)36-2)28(35)30-25-11-9-21(18-29-25)31-16-13-20(19-33)14-17-31/h5-9,11,18,20,23,27,33H,3-4,10,12-17,19H2,1-2H3,(H,29,30,35)/t23-,27-/m0/s1. The highest BCUT2D eigenvalue weighted by molar-refractivity contribution is 5.94. The number of unbranched alkanes of at least 4 members (excludes halogenated alkanes) is 1. The molecule has 3 heterocycles. The molecule has 0 radical (unpaired) electrons. The number of carbonyl (C=O) groups is 2. The number of hydrogen-bond donors (Lipinski definition) is 2. The molecular weight excluding hydrogens is 456 g/mol. The average molecular weight is 495 g/mol. The maximum atomic E-state index is 13.6. The molecule has 2 fully saturated rings. The summed E-state index contributed by atoms with van der Waals surface area (Å²) in [5.74, 6) is 1.10. The molecule has 4 rings (SSSR count). The second kappa shape index (κ2) is 12.2. The van der Waals surface area contributed by atoms with Crippen LogP contribution in [-0.4, -0.2) is 60.2 Å². The number of aliphatic hydroxyl groups excluding tert-OH is 1. The number of benzene rings is 1. The Kier molecular flexibility index (Phi) is 8.80. The lowest BCUT2D eigenvalue weighted by molar-refractivity contribution is -0.142. The van der Waals surface area contributed by atoms with E-state index in [9.17, 15) is 14.7 Å². The van der Waals surface area contributed by atoms with E-state index in [1.807, 2.05) is 41.3 Å². The van der Waals surface area contributed by atoms with Gasteiger partial charge in [-0.05, 0) is 49.8 Å². The molecule has 1 aromatic heterocycles. The van der Waals surface area contributed by atoms with Gasteiger partial charge in [0.1, 0.15) is 11.6 Å². The Hall–Kier alpha value is -3.13. The molecule has 2 amide bonds. The first kappa shape index (κ1) is 25.9. The van der Waals surface area contributed by atoms with Crippen molar-refractivity contribution < 1.29 is 19.4 Å². The first-order chi connectivity index (χ1) is 17.5. The van der Waals surface area contributed by atoms with Crippen molar-refractivity contribution >= 4 is 23.3 Å². The third kappa shape index (κ3) is 5.81. The minimum atomic E-state index is -0.408. The van der Waals surface area contributed by atoms with Crippen LogP contribution < -0.4 is 15.0 Å². The summed E-state index contributed by atoms with van der Waals surface area (Å²) in [6.45, 7) is 4.74. The van der Waals surface area contributed by atoms with Crippen LogP contribution in [0.2, 0.25) is 0 Å². The fourth-order valence-electron chi connectivity index (χ4n) is 5.35. The number of ether oxygens (including phenoxy) is 1. The highest BCUT2D eigenvalue weighted by Gasteiger charge is 2.41. The number of nitrogens with zero attached hydrogens (tertiary/aromatic N) is 3. The largest absolute Gasteiger partial charge is 0.496 e. The molecule has 2 atom stereocenters. The molecule has 2 saturated heterocycles. The van der Waals surface area contributed by atoms with Crippen LogP contribution in [-0.2, 0) is 9.59 Å². The Bertz CT molecular complexity index is 1020. The average Bonchev–Trinajstić information content (AvgIpc) is 2.92. The molecule has 0 saturated carbocycles. The number of methoxy groups -OCH3 is 1. The van der Waals surface area contributed by atoms with Gasteiger partial charge in [-0.3, -0.25) is 9.59 Å². The molecule has 8 nitrogen and oxygen atoms in total. The summed E-state index contributed by atoms with van der Waals surface area (Å²) in [7, 11) is 1.62. The summed E-state index contributed by atoms with van der Waals surface area (Å²) in [6.07, 6.45) is 6.40. The topological polar surface area (TPSA) is 95.0 Å². The van der Waals surface area contributed by atoms with E-state index in [1.165, 1.54) is 0 Å². The van der Waals surface area contributed by atoms with E-state index >= 15 is 0 Å². The third-order valence-corrected chi connectivity index (χ3v) is 7.49. The fourth-order valence-corrected chi connectivity index (χ4v) is 5.35. The van der Waals surface area contributed by atoms with Crippen LogP contribution in [0.1, 0.15) is 57.1 Å². The molecule has 2 aliphatic rings. The zero-order chi connectivity index (χ0) is 25.5. The third-order valence-electron chi connectivity index (χ3n) is 7.49. The number of amides is 2. The van der Waals surface area contributed by atoms with Gasteiger partial charge in [0, 0.05) is 38.2 Å². The highest BCUT2D eigenvalue weighted by Crippen LogP contribution is 2.41. The number of piperidine rings is 2. The molecule has 8 heteroatoms. The van der Waals surface area contributed by atoms with Gasteiger partial charge in [0.2, 0.25) is 11.8 Å². The summed E-state index contributed by atoms with van der Waals surface area (Å²) in [5, 5.41) is 12.4. The summed E-state index contributed by atoms with van der Waals surface area (Å²) >= 11 is 0. The Morgan fingerprint density at radius 1 is 1.17 bits per heavy atom. The van der Waals surface area contributed by atoms with Gasteiger partial charge in [0.05, 0.1) is 31.0 Å².